The number of carbonyl (C=O) groups excluding carboxylic acids is 2. The quantitative estimate of drug-likeness (QED) is 0.733. The van der Waals surface area contributed by atoms with Crippen LogP contribution < -0.4 is 11.1 Å². The molecule has 2 amide bonds. The van der Waals surface area contributed by atoms with Gasteiger partial charge in [0.2, 0.25) is 11.8 Å². The number of primary amides is 1. The van der Waals surface area contributed by atoms with Gasteiger partial charge in [-0.2, -0.15) is 0 Å². The molecule has 0 atom stereocenters. The molecule has 0 spiro atoms. The number of halogens is 1. The fourth-order valence-electron chi connectivity index (χ4n) is 2.29. The third-order valence-electron chi connectivity index (χ3n) is 3.44. The lowest BCUT2D eigenvalue weighted by molar-refractivity contribution is -0.115. The van der Waals surface area contributed by atoms with Crippen molar-refractivity contribution in [3.8, 4) is 11.5 Å². The molecule has 0 bridgehead atoms. The highest BCUT2D eigenvalue weighted by molar-refractivity contribution is 6.31. The summed E-state index contributed by atoms with van der Waals surface area (Å²) in [4.78, 5) is 28.0. The molecule has 0 aliphatic carbocycles. The van der Waals surface area contributed by atoms with Crippen LogP contribution in [-0.4, -0.2) is 16.8 Å². The second kappa shape index (κ2) is 7.19. The molecular weight excluding hydrogens is 342 g/mol. The first-order valence-corrected chi connectivity index (χ1v) is 7.80. The number of hydrogen-bond donors (Lipinski definition) is 2. The van der Waals surface area contributed by atoms with Gasteiger partial charge in [0.05, 0.1) is 23.4 Å². The van der Waals surface area contributed by atoms with E-state index in [0.717, 1.165) is 5.56 Å². The second-order valence-corrected chi connectivity index (χ2v) is 5.73. The van der Waals surface area contributed by atoms with Crippen molar-refractivity contribution in [3.05, 3.63) is 71.1 Å². The van der Waals surface area contributed by atoms with Gasteiger partial charge in [0.25, 0.3) is 5.91 Å². The van der Waals surface area contributed by atoms with Crippen LogP contribution in [-0.2, 0) is 11.2 Å². The molecule has 1 aromatic heterocycles. The standard InChI is InChI=1S/C18H14ClN3O3/c19-12-6-7-15(14(8-12)17(20)24)22-16(23)9-13-10-25-18(21-13)11-4-2-1-3-5-11/h1-8,10H,9H2,(H2,20,24)(H,22,23). The van der Waals surface area contributed by atoms with Crippen molar-refractivity contribution in [1.82, 2.24) is 4.98 Å². The van der Waals surface area contributed by atoms with Crippen LogP contribution >= 0.6 is 11.6 Å². The Kier molecular flexibility index (Phi) is 4.81. The number of rotatable bonds is 5. The average molecular weight is 356 g/mol. The molecule has 0 aliphatic rings. The van der Waals surface area contributed by atoms with Gasteiger partial charge in [-0.05, 0) is 30.3 Å². The van der Waals surface area contributed by atoms with Crippen molar-refractivity contribution in [2.24, 2.45) is 5.73 Å². The molecule has 0 unspecified atom stereocenters. The lowest BCUT2D eigenvalue weighted by atomic mass is 10.1. The first-order valence-electron chi connectivity index (χ1n) is 7.42. The predicted octanol–water partition coefficient (Wildman–Crippen LogP) is 3.28. The molecule has 7 heteroatoms. The Bertz CT molecular complexity index is 922. The number of carbonyl (C=O) groups is 2. The molecule has 0 saturated carbocycles. The van der Waals surface area contributed by atoms with Crippen LogP contribution in [0.15, 0.2) is 59.2 Å². The Hall–Kier alpha value is -3.12. The fourth-order valence-corrected chi connectivity index (χ4v) is 2.46. The number of nitrogens with one attached hydrogen (secondary N) is 1. The summed E-state index contributed by atoms with van der Waals surface area (Å²) < 4.78 is 5.40. The first kappa shape index (κ1) is 16.7. The van der Waals surface area contributed by atoms with Gasteiger partial charge in [0.1, 0.15) is 6.26 Å². The Balaban J connectivity index is 1.72. The summed E-state index contributed by atoms with van der Waals surface area (Å²) in [5.74, 6) is -0.587. The smallest absolute Gasteiger partial charge is 0.250 e. The van der Waals surface area contributed by atoms with E-state index in [-0.39, 0.29) is 17.9 Å². The van der Waals surface area contributed by atoms with E-state index in [1.54, 1.807) is 6.07 Å². The minimum absolute atomic E-state index is 0.00282. The van der Waals surface area contributed by atoms with Gasteiger partial charge in [0, 0.05) is 10.6 Å². The van der Waals surface area contributed by atoms with Crippen molar-refractivity contribution in [2.45, 2.75) is 6.42 Å². The molecule has 0 fully saturated rings. The maximum absolute atomic E-state index is 12.2. The van der Waals surface area contributed by atoms with Gasteiger partial charge in [-0.3, -0.25) is 9.59 Å². The predicted molar refractivity (Wildman–Crippen MR) is 94.2 cm³/mol. The van der Waals surface area contributed by atoms with E-state index >= 15 is 0 Å². The van der Waals surface area contributed by atoms with E-state index in [9.17, 15) is 9.59 Å². The second-order valence-electron chi connectivity index (χ2n) is 5.29. The zero-order chi connectivity index (χ0) is 17.8. The van der Waals surface area contributed by atoms with E-state index in [4.69, 9.17) is 21.8 Å². The Morgan fingerprint density at radius 3 is 2.64 bits per heavy atom. The van der Waals surface area contributed by atoms with Crippen LogP contribution in [0.1, 0.15) is 16.1 Å². The van der Waals surface area contributed by atoms with Crippen LogP contribution in [0.5, 0.6) is 0 Å². The van der Waals surface area contributed by atoms with E-state index < -0.39 is 5.91 Å². The Morgan fingerprint density at radius 1 is 1.16 bits per heavy atom. The third-order valence-corrected chi connectivity index (χ3v) is 3.67. The number of nitrogens with two attached hydrogens (primary N) is 1. The number of amides is 2. The number of nitrogens with zero attached hydrogens (tertiary/aromatic N) is 1. The molecule has 3 aromatic rings. The molecule has 3 rings (SSSR count). The molecular formula is C18H14ClN3O3. The molecule has 0 saturated heterocycles. The molecule has 3 N–H and O–H groups in total. The number of anilines is 1. The summed E-state index contributed by atoms with van der Waals surface area (Å²) >= 11 is 5.85. The normalized spacial score (nSPS) is 10.4. The maximum Gasteiger partial charge on any atom is 0.250 e. The van der Waals surface area contributed by atoms with E-state index in [1.165, 1.54) is 18.4 Å². The zero-order valence-corrected chi connectivity index (χ0v) is 13.8. The molecule has 0 aliphatic heterocycles. The van der Waals surface area contributed by atoms with Crippen molar-refractivity contribution in [1.29, 1.82) is 0 Å². The van der Waals surface area contributed by atoms with Gasteiger partial charge in [-0.1, -0.05) is 29.8 Å². The SMILES string of the molecule is NC(=O)c1cc(Cl)ccc1NC(=O)Cc1coc(-c2ccccc2)n1. The number of hydrogen-bond acceptors (Lipinski definition) is 4. The highest BCUT2D eigenvalue weighted by Gasteiger charge is 2.14. The van der Waals surface area contributed by atoms with Gasteiger partial charge >= 0.3 is 0 Å². The summed E-state index contributed by atoms with van der Waals surface area (Å²) in [7, 11) is 0. The fraction of sp³-hybridized carbons (Fsp3) is 0.0556. The first-order chi connectivity index (χ1) is 12.0. The lowest BCUT2D eigenvalue weighted by Crippen LogP contribution is -2.19. The van der Waals surface area contributed by atoms with E-state index in [1.807, 2.05) is 30.3 Å². The van der Waals surface area contributed by atoms with Crippen molar-refractivity contribution in [3.63, 3.8) is 0 Å². The summed E-state index contributed by atoms with van der Waals surface area (Å²) in [6.45, 7) is 0. The zero-order valence-electron chi connectivity index (χ0n) is 13.0. The molecule has 6 nitrogen and oxygen atoms in total. The lowest BCUT2D eigenvalue weighted by Gasteiger charge is -2.08. The van der Waals surface area contributed by atoms with Crippen LogP contribution in [0.4, 0.5) is 5.69 Å². The maximum atomic E-state index is 12.2. The largest absolute Gasteiger partial charge is 0.444 e. The van der Waals surface area contributed by atoms with Gasteiger partial charge in [0.15, 0.2) is 0 Å². The van der Waals surface area contributed by atoms with Crippen LogP contribution in [0.25, 0.3) is 11.5 Å². The van der Waals surface area contributed by atoms with Gasteiger partial charge in [-0.25, -0.2) is 4.98 Å². The van der Waals surface area contributed by atoms with E-state index in [0.29, 0.717) is 22.3 Å². The topological polar surface area (TPSA) is 98.2 Å². The summed E-state index contributed by atoms with van der Waals surface area (Å²) in [6, 6.07) is 13.9. The van der Waals surface area contributed by atoms with Crippen LogP contribution in [0, 0.1) is 0 Å². The minimum Gasteiger partial charge on any atom is -0.444 e. The Labute approximate surface area is 148 Å². The number of aromatic nitrogens is 1. The highest BCUT2D eigenvalue weighted by atomic mass is 35.5. The van der Waals surface area contributed by atoms with Crippen molar-refractivity contribution in [2.75, 3.05) is 5.32 Å². The molecule has 2 aromatic carbocycles. The van der Waals surface area contributed by atoms with Crippen molar-refractivity contribution >= 4 is 29.1 Å². The summed E-state index contributed by atoms with van der Waals surface area (Å²) in [5, 5.41) is 2.99. The average Bonchev–Trinajstić information content (AvgIpc) is 3.05. The van der Waals surface area contributed by atoms with E-state index in [2.05, 4.69) is 10.3 Å². The number of oxazole rings is 1. The monoisotopic (exact) mass is 355 g/mol. The Morgan fingerprint density at radius 2 is 1.92 bits per heavy atom. The third kappa shape index (κ3) is 4.05. The summed E-state index contributed by atoms with van der Waals surface area (Å²) in [6.07, 6.45) is 1.43. The van der Waals surface area contributed by atoms with Crippen LogP contribution in [0.2, 0.25) is 5.02 Å². The van der Waals surface area contributed by atoms with Gasteiger partial charge in [-0.15, -0.1) is 0 Å². The van der Waals surface area contributed by atoms with Crippen LogP contribution in [0.3, 0.4) is 0 Å². The van der Waals surface area contributed by atoms with Gasteiger partial charge < -0.3 is 15.5 Å². The highest BCUT2D eigenvalue weighted by Crippen LogP contribution is 2.21. The molecule has 0 radical (unpaired) electrons. The summed E-state index contributed by atoms with van der Waals surface area (Å²) in [5.41, 5.74) is 7.05. The van der Waals surface area contributed by atoms with Crippen molar-refractivity contribution < 1.29 is 14.0 Å². The molecule has 1 heterocycles. The molecule has 25 heavy (non-hydrogen) atoms. The number of benzene rings is 2. The minimum atomic E-state index is -0.675. The molecule has 126 valence electrons.